The van der Waals surface area contributed by atoms with Gasteiger partial charge in [-0.05, 0) is 5.53 Å². The Morgan fingerprint density at radius 3 is 1.67 bits per heavy atom. The third-order valence-corrected chi connectivity index (χ3v) is 1.79. The molecule has 15 heavy (non-hydrogen) atoms. The highest BCUT2D eigenvalue weighted by molar-refractivity contribution is 5.39. The van der Waals surface area contributed by atoms with E-state index in [0.717, 1.165) is 12.1 Å². The number of hydrogen-bond acceptors (Lipinski definition) is 6. The summed E-state index contributed by atoms with van der Waals surface area (Å²) >= 11 is 0. The molecule has 1 heterocycles. The fourth-order valence-corrected chi connectivity index (χ4v) is 1.16. The van der Waals surface area contributed by atoms with Gasteiger partial charge in [0.1, 0.15) is 0 Å². The summed E-state index contributed by atoms with van der Waals surface area (Å²) in [5.41, 5.74) is 2.49. The van der Waals surface area contributed by atoms with Crippen molar-refractivity contribution in [2.75, 3.05) is 0 Å². The van der Waals surface area contributed by atoms with Crippen LogP contribution in [-0.2, 0) is 0 Å². The maximum absolute atomic E-state index is 10.5. The molecule has 9 nitrogen and oxygen atoms in total. The maximum Gasteiger partial charge on any atom is 0.299 e. The lowest BCUT2D eigenvalue weighted by molar-refractivity contribution is -0.391. The smallest absolute Gasteiger partial charge is 0.258 e. The van der Waals surface area contributed by atoms with Gasteiger partial charge in [0, 0.05) is 12.1 Å². The lowest BCUT2D eigenvalue weighted by atomic mass is 10.2. The minimum Gasteiger partial charge on any atom is -0.258 e. The van der Waals surface area contributed by atoms with Crippen LogP contribution in [0.25, 0.3) is 0 Å². The van der Waals surface area contributed by atoms with Crippen molar-refractivity contribution in [1.29, 1.82) is 0 Å². The number of rotatable bonds is 2. The lowest BCUT2D eigenvalue weighted by Gasteiger charge is -1.90. The number of non-ortho nitro benzene ring substituents is 2. The number of benzene rings is 1. The van der Waals surface area contributed by atoms with E-state index in [1.807, 2.05) is 0 Å². The zero-order valence-electron chi connectivity index (χ0n) is 7.02. The molecule has 0 N–H and O–H groups in total. The van der Waals surface area contributed by atoms with Gasteiger partial charge in [-0.1, -0.05) is 0 Å². The highest BCUT2D eigenvalue weighted by Gasteiger charge is 2.22. The van der Waals surface area contributed by atoms with Gasteiger partial charge in [0.15, 0.2) is 10.7 Å². The average Bonchev–Trinajstić information content (AvgIpc) is 2.63. The normalized spacial score (nSPS) is 12.0. The van der Waals surface area contributed by atoms with Crippen LogP contribution >= 0.6 is 0 Å². The molecule has 75 valence electrons. The van der Waals surface area contributed by atoms with E-state index < -0.39 is 9.85 Å². The number of nitrogens with zero attached hydrogens (tertiary/aromatic N) is 5. The zero-order chi connectivity index (χ0) is 11.0. The summed E-state index contributed by atoms with van der Waals surface area (Å²) in [5, 5.41) is 27.5. The largest absolute Gasteiger partial charge is 0.299 e. The standard InChI is InChI=1S/C6H2N5O4/c12-10(13)3-1-2-4(11(14)15)6-5(3)7-9-8-6/h1-2H. The first-order chi connectivity index (χ1) is 7.11. The second kappa shape index (κ2) is 2.97. The predicted molar refractivity (Wildman–Crippen MR) is 44.2 cm³/mol. The third kappa shape index (κ3) is 1.25. The minimum atomic E-state index is -0.692. The van der Waals surface area contributed by atoms with Crippen molar-refractivity contribution in [2.45, 2.75) is 0 Å². The van der Waals surface area contributed by atoms with Crippen LogP contribution in [0.15, 0.2) is 22.3 Å². The second-order valence-corrected chi connectivity index (χ2v) is 2.60. The van der Waals surface area contributed by atoms with Gasteiger partial charge in [0.2, 0.25) is 0 Å². The van der Waals surface area contributed by atoms with Crippen molar-refractivity contribution >= 4 is 11.4 Å². The fraction of sp³-hybridized carbons (Fsp3) is 0. The van der Waals surface area contributed by atoms with E-state index >= 15 is 0 Å². The highest BCUT2D eigenvalue weighted by Crippen LogP contribution is 2.08. The Labute approximate surface area is 81.0 Å². The molecule has 1 aromatic carbocycles. The van der Waals surface area contributed by atoms with Crippen molar-refractivity contribution in [3.05, 3.63) is 43.1 Å². The first-order valence-electron chi connectivity index (χ1n) is 3.69. The molecule has 2 rings (SSSR count). The molecule has 0 amide bonds. The topological polar surface area (TPSA) is 125 Å². The lowest BCUT2D eigenvalue weighted by Crippen LogP contribution is -2.27. The molecule has 1 aliphatic rings. The fourth-order valence-electron chi connectivity index (χ4n) is 1.16. The Kier molecular flexibility index (Phi) is 1.78. The summed E-state index contributed by atoms with van der Waals surface area (Å²) in [7, 11) is 0. The van der Waals surface area contributed by atoms with Crippen LogP contribution in [0.3, 0.4) is 0 Å². The van der Waals surface area contributed by atoms with Crippen molar-refractivity contribution < 1.29 is 9.85 Å². The summed E-state index contributed by atoms with van der Waals surface area (Å²) in [5.74, 6) is 0. The SMILES string of the molecule is O=[N+]([O-])c1ccc([N+](=O)[O-])c2c1=N[N]N=2. The van der Waals surface area contributed by atoms with E-state index in [2.05, 4.69) is 15.7 Å². The van der Waals surface area contributed by atoms with Crippen molar-refractivity contribution in [3.63, 3.8) is 0 Å². The van der Waals surface area contributed by atoms with E-state index in [1.165, 1.54) is 0 Å². The summed E-state index contributed by atoms with van der Waals surface area (Å²) < 4.78 is 0. The van der Waals surface area contributed by atoms with Crippen LogP contribution < -0.4 is 16.2 Å². The third-order valence-electron chi connectivity index (χ3n) is 1.79. The van der Waals surface area contributed by atoms with Gasteiger partial charge < -0.3 is 0 Å². The number of nitro benzene ring substituents is 2. The Balaban J connectivity index is 2.84. The zero-order valence-corrected chi connectivity index (χ0v) is 7.02. The van der Waals surface area contributed by atoms with Crippen LogP contribution in [0.2, 0.25) is 0 Å². The van der Waals surface area contributed by atoms with Crippen molar-refractivity contribution in [1.82, 2.24) is 5.53 Å². The first kappa shape index (κ1) is 8.99. The van der Waals surface area contributed by atoms with E-state index in [1.54, 1.807) is 0 Å². The molecule has 0 saturated carbocycles. The van der Waals surface area contributed by atoms with Crippen LogP contribution in [0.5, 0.6) is 0 Å². The Morgan fingerprint density at radius 1 is 0.933 bits per heavy atom. The molecular weight excluding hydrogens is 206 g/mol. The summed E-state index contributed by atoms with van der Waals surface area (Å²) in [6, 6.07) is 2.02. The molecule has 9 heteroatoms. The molecule has 0 aliphatic carbocycles. The first-order valence-corrected chi connectivity index (χ1v) is 3.69. The summed E-state index contributed by atoms with van der Waals surface area (Å²) in [4.78, 5) is 19.7. The van der Waals surface area contributed by atoms with E-state index in [-0.39, 0.29) is 22.1 Å². The molecular formula is C6H2N5O4. The number of fused-ring (bicyclic) bond motifs is 1. The minimum absolute atomic E-state index is 0.172. The molecule has 0 bridgehead atoms. The highest BCUT2D eigenvalue weighted by atomic mass is 16.6. The van der Waals surface area contributed by atoms with Gasteiger partial charge >= 0.3 is 0 Å². The van der Waals surface area contributed by atoms with Crippen LogP contribution in [0.1, 0.15) is 0 Å². The maximum atomic E-state index is 10.5. The van der Waals surface area contributed by atoms with Gasteiger partial charge in [-0.25, -0.2) is 0 Å². The van der Waals surface area contributed by atoms with Gasteiger partial charge in [0.05, 0.1) is 9.85 Å². The van der Waals surface area contributed by atoms with Crippen LogP contribution in [0, 0.1) is 20.2 Å². The van der Waals surface area contributed by atoms with Crippen molar-refractivity contribution in [3.8, 4) is 0 Å². The van der Waals surface area contributed by atoms with Gasteiger partial charge in [-0.3, -0.25) is 20.2 Å². The molecule has 1 aromatic rings. The molecule has 0 spiro atoms. The van der Waals surface area contributed by atoms with Crippen LogP contribution in [0.4, 0.5) is 11.4 Å². The predicted octanol–water partition coefficient (Wildman–Crippen LogP) is -0.810. The van der Waals surface area contributed by atoms with Gasteiger partial charge in [0.25, 0.3) is 11.4 Å². The molecule has 0 aromatic heterocycles. The van der Waals surface area contributed by atoms with E-state index in [0.29, 0.717) is 0 Å². The number of hydrogen-bond donors (Lipinski definition) is 0. The molecule has 0 atom stereocenters. The molecule has 1 radical (unpaired) electrons. The molecule has 0 saturated heterocycles. The quantitative estimate of drug-likeness (QED) is 0.465. The average molecular weight is 208 g/mol. The van der Waals surface area contributed by atoms with Crippen LogP contribution in [-0.4, -0.2) is 9.85 Å². The Hall–Kier alpha value is -2.58. The monoisotopic (exact) mass is 208 g/mol. The molecule has 0 unspecified atom stereocenters. The molecule has 1 aliphatic heterocycles. The van der Waals surface area contributed by atoms with Crippen molar-refractivity contribution in [2.24, 2.45) is 10.2 Å². The van der Waals surface area contributed by atoms with Gasteiger partial charge in [-0.2, -0.15) is 0 Å². The molecule has 0 fully saturated rings. The van der Waals surface area contributed by atoms with Gasteiger partial charge in [-0.15, -0.1) is 10.2 Å². The Morgan fingerprint density at radius 2 is 1.33 bits per heavy atom. The summed E-state index contributed by atoms with van der Waals surface area (Å²) in [6.45, 7) is 0. The summed E-state index contributed by atoms with van der Waals surface area (Å²) in [6.07, 6.45) is 0. The Bertz CT molecular complexity index is 529. The number of nitro groups is 2. The van der Waals surface area contributed by atoms with E-state index in [4.69, 9.17) is 0 Å². The second-order valence-electron chi connectivity index (χ2n) is 2.60. The van der Waals surface area contributed by atoms with E-state index in [9.17, 15) is 20.2 Å².